The van der Waals surface area contributed by atoms with Crippen molar-refractivity contribution in [2.75, 3.05) is 6.61 Å². The van der Waals surface area contributed by atoms with Crippen molar-refractivity contribution < 1.29 is 14.4 Å². The van der Waals surface area contributed by atoms with Crippen LogP contribution < -0.4 is 11.2 Å². The molecule has 0 radical (unpaired) electrons. The van der Waals surface area contributed by atoms with E-state index in [2.05, 4.69) is 40.6 Å². The van der Waals surface area contributed by atoms with Crippen LogP contribution in [0.5, 0.6) is 0 Å². The number of aromatic nitrogens is 2. The second-order valence-electron chi connectivity index (χ2n) is 4.98. The quantitative estimate of drug-likeness (QED) is 0.583. The van der Waals surface area contributed by atoms with Gasteiger partial charge in [-0.2, -0.15) is 0 Å². The molecule has 1 fully saturated rings. The van der Waals surface area contributed by atoms with Crippen molar-refractivity contribution in [2.24, 2.45) is 0 Å². The summed E-state index contributed by atoms with van der Waals surface area (Å²) in [5, 5.41) is 10.1. The summed E-state index contributed by atoms with van der Waals surface area (Å²) in [6, 6.07) is 0. The van der Waals surface area contributed by atoms with E-state index in [9.17, 15) is 14.7 Å². The maximum absolute atomic E-state index is 12.0. The van der Waals surface area contributed by atoms with E-state index in [1.54, 1.807) is 0 Å². The lowest BCUT2D eigenvalue weighted by molar-refractivity contribution is -0.0386. The average molecular weight is 386 g/mol. The standard InChI is InChI=1S/C14H17N2O5P3/c1-2-3-4-5-9-7-16(14(19)15-13(9)18)12-6-10(17)11(21-12)8-20-24(22)23/h1,7,10-12,17H,3,6,8,22-23H2,(H,15,18,19)/t10-,11-,12-/m1/s1. The molecule has 0 spiro atoms. The smallest absolute Gasteiger partial charge is 0.330 e. The molecule has 10 heteroatoms. The minimum Gasteiger partial charge on any atom is -0.390 e. The zero-order valence-corrected chi connectivity index (χ0v) is 15.8. The number of hydrogen-bond acceptors (Lipinski definition) is 5. The van der Waals surface area contributed by atoms with Gasteiger partial charge in [-0.3, -0.25) is 14.3 Å². The van der Waals surface area contributed by atoms with E-state index >= 15 is 0 Å². The Labute approximate surface area is 144 Å². The highest BCUT2D eigenvalue weighted by molar-refractivity contribution is 8.41. The first-order valence-electron chi connectivity index (χ1n) is 6.96. The normalized spacial score (nSPS) is 22.9. The number of terminal acetylenes is 1. The Morgan fingerprint density at radius 3 is 2.96 bits per heavy atom. The van der Waals surface area contributed by atoms with Crippen LogP contribution in [0, 0.1) is 24.2 Å². The summed E-state index contributed by atoms with van der Waals surface area (Å²) >= 11 is 0. The van der Waals surface area contributed by atoms with Gasteiger partial charge in [0, 0.05) is 12.6 Å². The number of hydrogen-bond donors (Lipinski definition) is 2. The lowest BCUT2D eigenvalue weighted by Crippen LogP contribution is -2.33. The van der Waals surface area contributed by atoms with Crippen LogP contribution >= 0.6 is 25.4 Å². The second-order valence-corrected chi connectivity index (χ2v) is 10.8. The van der Waals surface area contributed by atoms with Crippen LogP contribution in [0.15, 0.2) is 15.8 Å². The number of aromatic amines is 1. The van der Waals surface area contributed by atoms with E-state index in [1.807, 2.05) is 0 Å². The van der Waals surface area contributed by atoms with Crippen molar-refractivity contribution >= 4 is 25.4 Å². The van der Waals surface area contributed by atoms with E-state index in [-0.39, 0.29) is 25.0 Å². The molecule has 0 aromatic carbocycles. The lowest BCUT2D eigenvalue weighted by Gasteiger charge is -2.17. The Bertz CT molecular complexity index is 802. The van der Waals surface area contributed by atoms with Crippen LogP contribution in [0.4, 0.5) is 0 Å². The third kappa shape index (κ3) is 4.98. The van der Waals surface area contributed by atoms with Crippen LogP contribution in [0.1, 0.15) is 24.6 Å². The summed E-state index contributed by atoms with van der Waals surface area (Å²) in [6.45, 7) is 0.212. The van der Waals surface area contributed by atoms with Gasteiger partial charge in [-0.15, -0.1) is 6.42 Å². The molecule has 128 valence electrons. The zero-order chi connectivity index (χ0) is 17.7. The molecule has 0 amide bonds. The van der Waals surface area contributed by atoms with Crippen molar-refractivity contribution in [1.29, 1.82) is 0 Å². The number of nitrogens with one attached hydrogen (secondary N) is 1. The highest BCUT2D eigenvalue weighted by Crippen LogP contribution is 2.53. The second kappa shape index (κ2) is 8.89. The van der Waals surface area contributed by atoms with Crippen LogP contribution in [-0.4, -0.2) is 33.5 Å². The number of rotatable bonds is 4. The molecule has 0 saturated carbocycles. The molecule has 1 aromatic heterocycles. The highest BCUT2D eigenvalue weighted by Gasteiger charge is 2.36. The maximum Gasteiger partial charge on any atom is 0.330 e. The van der Waals surface area contributed by atoms with Gasteiger partial charge < -0.3 is 14.4 Å². The van der Waals surface area contributed by atoms with E-state index in [1.165, 1.54) is 10.8 Å². The summed E-state index contributed by atoms with van der Waals surface area (Å²) in [4.78, 5) is 26.0. The fourth-order valence-electron chi connectivity index (χ4n) is 2.17. The predicted octanol–water partition coefficient (Wildman–Crippen LogP) is 0.553. The van der Waals surface area contributed by atoms with Crippen LogP contribution in [0.25, 0.3) is 0 Å². The number of H-pyrrole nitrogens is 1. The third-order valence-electron chi connectivity index (χ3n) is 3.28. The molecule has 1 aromatic rings. The Morgan fingerprint density at radius 1 is 1.54 bits per heavy atom. The number of aliphatic hydroxyl groups excluding tert-OH is 1. The van der Waals surface area contributed by atoms with Gasteiger partial charge in [0.1, 0.15) is 17.9 Å². The summed E-state index contributed by atoms with van der Waals surface area (Å²) in [7, 11) is 4.29. The monoisotopic (exact) mass is 386 g/mol. The largest absolute Gasteiger partial charge is 0.390 e. The first-order chi connectivity index (χ1) is 11.4. The molecule has 1 aliphatic heterocycles. The summed E-state index contributed by atoms with van der Waals surface area (Å²) in [5.41, 5.74) is -1.10. The third-order valence-corrected chi connectivity index (χ3v) is 4.63. The predicted molar refractivity (Wildman–Crippen MR) is 98.5 cm³/mol. The fourth-order valence-corrected chi connectivity index (χ4v) is 3.01. The zero-order valence-electron chi connectivity index (χ0n) is 12.6. The molecule has 1 aliphatic rings. The highest BCUT2D eigenvalue weighted by atomic mass is 32.4. The molecule has 2 rings (SSSR count). The fraction of sp³-hybridized carbons (Fsp3) is 0.429. The molecule has 2 heterocycles. The SMILES string of the molecule is C#CCC#Cc1cn([C@H]2C[C@@H](O)[C@@H](COP(P)P)O2)c(=O)[nH]c1=O. The van der Waals surface area contributed by atoms with Crippen molar-refractivity contribution in [3.05, 3.63) is 32.6 Å². The molecule has 2 N–H and O–H groups in total. The average Bonchev–Trinajstić information content (AvgIpc) is 2.88. The molecule has 0 bridgehead atoms. The Kier molecular flexibility index (Phi) is 7.15. The van der Waals surface area contributed by atoms with Gasteiger partial charge in [0.2, 0.25) is 0 Å². The van der Waals surface area contributed by atoms with Gasteiger partial charge in [-0.1, -0.05) is 35.6 Å². The maximum atomic E-state index is 12.0. The van der Waals surface area contributed by atoms with Crippen molar-refractivity contribution in [3.63, 3.8) is 0 Å². The van der Waals surface area contributed by atoms with Crippen molar-refractivity contribution in [1.82, 2.24) is 9.55 Å². The van der Waals surface area contributed by atoms with Crippen molar-refractivity contribution in [2.45, 2.75) is 31.3 Å². The molecular formula is C14H17N2O5P3. The molecule has 0 aliphatic carbocycles. The summed E-state index contributed by atoms with van der Waals surface area (Å²) in [6.07, 6.45) is 4.83. The van der Waals surface area contributed by atoms with Crippen LogP contribution in [0.3, 0.4) is 0 Å². The van der Waals surface area contributed by atoms with E-state index < -0.39 is 37.2 Å². The summed E-state index contributed by atoms with van der Waals surface area (Å²) < 4.78 is 12.3. The lowest BCUT2D eigenvalue weighted by atomic mass is 10.2. The van der Waals surface area contributed by atoms with Gasteiger partial charge in [-0.25, -0.2) is 4.79 Å². The molecule has 1 saturated heterocycles. The van der Waals surface area contributed by atoms with Gasteiger partial charge in [0.25, 0.3) is 5.56 Å². The molecule has 2 unspecified atom stereocenters. The molecule has 7 nitrogen and oxygen atoms in total. The molecule has 24 heavy (non-hydrogen) atoms. The van der Waals surface area contributed by atoms with E-state index in [0.29, 0.717) is 0 Å². The van der Waals surface area contributed by atoms with Gasteiger partial charge in [-0.05, 0) is 0 Å². The number of aliphatic hydroxyl groups is 1. The molecule has 5 atom stereocenters. The van der Waals surface area contributed by atoms with E-state index in [0.717, 1.165) is 0 Å². The van der Waals surface area contributed by atoms with Gasteiger partial charge >= 0.3 is 5.69 Å². The van der Waals surface area contributed by atoms with Gasteiger partial charge in [0.05, 0.1) is 26.7 Å². The molecular weight excluding hydrogens is 369 g/mol. The van der Waals surface area contributed by atoms with Gasteiger partial charge in [0.15, 0.2) is 0 Å². The minimum atomic E-state index is -0.769. The minimum absolute atomic E-state index is 0.112. The topological polar surface area (TPSA) is 93.6 Å². The number of ether oxygens (including phenoxy) is 1. The number of nitrogens with zero attached hydrogens (tertiary/aromatic N) is 1. The summed E-state index contributed by atoms with van der Waals surface area (Å²) in [5.74, 6) is 7.62. The van der Waals surface area contributed by atoms with Crippen molar-refractivity contribution in [3.8, 4) is 24.2 Å². The Hall–Kier alpha value is -1.03. The van der Waals surface area contributed by atoms with Crippen LogP contribution in [-0.2, 0) is 9.26 Å². The van der Waals surface area contributed by atoms with Crippen LogP contribution in [0.2, 0.25) is 0 Å². The van der Waals surface area contributed by atoms with E-state index in [4.69, 9.17) is 15.7 Å². The first-order valence-corrected chi connectivity index (χ1v) is 11.5. The Balaban J connectivity index is 2.22. The first kappa shape index (κ1) is 19.3. The Morgan fingerprint density at radius 2 is 2.29 bits per heavy atom.